The lowest BCUT2D eigenvalue weighted by Gasteiger charge is -2.12. The third-order valence-electron chi connectivity index (χ3n) is 5.65. The summed E-state index contributed by atoms with van der Waals surface area (Å²) in [6.45, 7) is 9.91. The zero-order valence-electron chi connectivity index (χ0n) is 17.1. The van der Waals surface area contributed by atoms with Crippen LogP contribution in [0.15, 0.2) is 34.9 Å². The largest absolute Gasteiger partial charge is 0.455 e. The summed E-state index contributed by atoms with van der Waals surface area (Å²) >= 11 is 0. The minimum Gasteiger partial charge on any atom is -0.455 e. The smallest absolute Gasteiger partial charge is 0.216 e. The van der Waals surface area contributed by atoms with Crippen molar-refractivity contribution in [1.82, 2.24) is 0 Å². The van der Waals surface area contributed by atoms with Crippen LogP contribution in [-0.2, 0) is 7.05 Å². The molecule has 2 nitrogen and oxygen atoms in total. The number of pyridine rings is 1. The van der Waals surface area contributed by atoms with Gasteiger partial charge in [-0.3, -0.25) is 0 Å². The molecule has 2 aromatic heterocycles. The van der Waals surface area contributed by atoms with Crippen LogP contribution in [0.4, 0.5) is 8.78 Å². The predicted octanol–water partition coefficient (Wildman–Crippen LogP) is 6.40. The van der Waals surface area contributed by atoms with Crippen LogP contribution in [0.25, 0.3) is 33.2 Å². The fourth-order valence-corrected chi connectivity index (χ4v) is 4.11. The molecule has 4 heteroatoms. The number of rotatable bonds is 2. The Morgan fingerprint density at radius 1 is 1.00 bits per heavy atom. The van der Waals surface area contributed by atoms with Gasteiger partial charge >= 0.3 is 0 Å². The van der Waals surface area contributed by atoms with Crippen molar-refractivity contribution in [2.45, 2.75) is 40.5 Å². The molecule has 2 heterocycles. The second-order valence-corrected chi connectivity index (χ2v) is 7.97. The first-order chi connectivity index (χ1) is 13.2. The third kappa shape index (κ3) is 2.62. The average molecular weight is 380 g/mol. The number of hydrogen-bond donors (Lipinski definition) is 0. The molecule has 0 unspecified atom stereocenters. The molecule has 0 atom stereocenters. The van der Waals surface area contributed by atoms with E-state index >= 15 is 0 Å². The van der Waals surface area contributed by atoms with Gasteiger partial charge in [-0.2, -0.15) is 0 Å². The number of benzene rings is 2. The number of aromatic nitrogens is 1. The summed E-state index contributed by atoms with van der Waals surface area (Å²) in [6, 6.07) is 7.29. The number of halogens is 2. The molecule has 0 amide bonds. The van der Waals surface area contributed by atoms with E-state index in [-0.39, 0.29) is 11.1 Å². The number of furan rings is 1. The van der Waals surface area contributed by atoms with Gasteiger partial charge in [0.25, 0.3) is 0 Å². The van der Waals surface area contributed by atoms with Crippen LogP contribution >= 0.6 is 0 Å². The molecule has 0 aliphatic rings. The van der Waals surface area contributed by atoms with E-state index in [1.807, 2.05) is 26.1 Å². The van der Waals surface area contributed by atoms with Crippen molar-refractivity contribution in [3.05, 3.63) is 64.4 Å². The summed E-state index contributed by atoms with van der Waals surface area (Å²) in [5, 5.41) is 1.01. The molecule has 0 bridgehead atoms. The zero-order valence-corrected chi connectivity index (χ0v) is 17.1. The first kappa shape index (κ1) is 18.6. The molecular weight excluding hydrogens is 356 g/mol. The van der Waals surface area contributed by atoms with Crippen molar-refractivity contribution >= 4 is 21.9 Å². The summed E-state index contributed by atoms with van der Waals surface area (Å²) in [6.07, 6.45) is 2.11. The van der Waals surface area contributed by atoms with Crippen molar-refractivity contribution in [2.75, 3.05) is 0 Å². The van der Waals surface area contributed by atoms with Gasteiger partial charge in [-0.25, -0.2) is 13.3 Å². The van der Waals surface area contributed by atoms with E-state index in [2.05, 4.69) is 37.6 Å². The Kier molecular flexibility index (Phi) is 4.25. The number of nitrogens with zero attached hydrogens (tertiary/aromatic N) is 1. The summed E-state index contributed by atoms with van der Waals surface area (Å²) < 4.78 is 37.0. The predicted molar refractivity (Wildman–Crippen MR) is 109 cm³/mol. The van der Waals surface area contributed by atoms with Gasteiger partial charge < -0.3 is 4.42 Å². The van der Waals surface area contributed by atoms with Crippen LogP contribution in [0.5, 0.6) is 0 Å². The van der Waals surface area contributed by atoms with Gasteiger partial charge in [0.2, 0.25) is 5.69 Å². The number of fused-ring (bicyclic) bond motifs is 3. The molecule has 144 valence electrons. The maximum absolute atomic E-state index is 14.9. The quantitative estimate of drug-likeness (QED) is 0.368. The molecule has 0 N–H and O–H groups in total. The highest BCUT2D eigenvalue weighted by Crippen LogP contribution is 2.39. The topological polar surface area (TPSA) is 17.0 Å². The van der Waals surface area contributed by atoms with Crippen LogP contribution in [0.3, 0.4) is 0 Å². The zero-order chi connectivity index (χ0) is 20.3. The monoisotopic (exact) mass is 380 g/mol. The Balaban J connectivity index is 2.14. The van der Waals surface area contributed by atoms with Crippen molar-refractivity contribution < 1.29 is 17.8 Å². The SMILES string of the molecule is Cc1c[n+](C)c(-c2c(C)ccc3c2oc2cc(F)c(C)c(F)c23)cc1C(C)C. The number of hydrogen-bond acceptors (Lipinski definition) is 1. The maximum atomic E-state index is 14.9. The van der Waals surface area contributed by atoms with Gasteiger partial charge in [0, 0.05) is 28.6 Å². The lowest BCUT2D eigenvalue weighted by molar-refractivity contribution is -0.660. The molecule has 0 aliphatic heterocycles. The molecule has 0 spiro atoms. The van der Waals surface area contributed by atoms with Gasteiger partial charge in [-0.15, -0.1) is 0 Å². The fraction of sp³-hybridized carbons (Fsp3) is 0.292. The van der Waals surface area contributed by atoms with E-state index in [0.717, 1.165) is 16.8 Å². The van der Waals surface area contributed by atoms with Crippen molar-refractivity contribution in [3.8, 4) is 11.3 Å². The molecule has 0 radical (unpaired) electrons. The van der Waals surface area contributed by atoms with Gasteiger partial charge in [0.1, 0.15) is 29.8 Å². The van der Waals surface area contributed by atoms with E-state index in [0.29, 0.717) is 22.3 Å². The molecule has 0 aliphatic carbocycles. The number of aryl methyl sites for hydroxylation is 3. The Morgan fingerprint density at radius 2 is 1.71 bits per heavy atom. The maximum Gasteiger partial charge on any atom is 0.216 e. The van der Waals surface area contributed by atoms with Gasteiger partial charge in [-0.1, -0.05) is 26.0 Å². The second-order valence-electron chi connectivity index (χ2n) is 7.97. The van der Waals surface area contributed by atoms with Crippen LogP contribution in [0, 0.1) is 32.4 Å². The Bertz CT molecular complexity index is 1250. The molecule has 0 saturated heterocycles. The van der Waals surface area contributed by atoms with Gasteiger partial charge in [0.15, 0.2) is 6.20 Å². The fourth-order valence-electron chi connectivity index (χ4n) is 4.11. The highest BCUT2D eigenvalue weighted by Gasteiger charge is 2.24. The molecule has 2 aromatic carbocycles. The molecule has 4 aromatic rings. The van der Waals surface area contributed by atoms with Crippen LogP contribution in [0.1, 0.15) is 42.0 Å². The summed E-state index contributed by atoms with van der Waals surface area (Å²) in [7, 11) is 2.00. The van der Waals surface area contributed by atoms with E-state index in [4.69, 9.17) is 4.42 Å². The van der Waals surface area contributed by atoms with Gasteiger partial charge in [0.05, 0.1) is 10.9 Å². The lowest BCUT2D eigenvalue weighted by Crippen LogP contribution is -2.32. The van der Waals surface area contributed by atoms with Crippen molar-refractivity contribution in [2.24, 2.45) is 7.05 Å². The van der Waals surface area contributed by atoms with E-state index < -0.39 is 11.6 Å². The Labute approximate surface area is 163 Å². The van der Waals surface area contributed by atoms with Crippen LogP contribution in [-0.4, -0.2) is 0 Å². The standard InChI is InChI=1S/C24H24F2NO/c1-12(2)17-9-19(27(6)11-14(17)4)21-13(3)7-8-16-22-20(28-24(16)21)10-18(25)15(5)23(22)26/h7-12H,1-6H3/q+1. The summed E-state index contributed by atoms with van der Waals surface area (Å²) in [4.78, 5) is 0. The highest BCUT2D eigenvalue weighted by atomic mass is 19.1. The minimum absolute atomic E-state index is 0.0142. The first-order valence-electron chi connectivity index (χ1n) is 9.51. The van der Waals surface area contributed by atoms with Crippen LogP contribution < -0.4 is 4.57 Å². The van der Waals surface area contributed by atoms with E-state index in [9.17, 15) is 8.78 Å². The third-order valence-corrected chi connectivity index (χ3v) is 5.65. The first-order valence-corrected chi connectivity index (χ1v) is 9.51. The average Bonchev–Trinajstić information content (AvgIpc) is 2.98. The Morgan fingerprint density at radius 3 is 2.39 bits per heavy atom. The van der Waals surface area contributed by atoms with Crippen molar-refractivity contribution in [1.29, 1.82) is 0 Å². The Hall–Kier alpha value is -2.75. The van der Waals surface area contributed by atoms with Crippen molar-refractivity contribution in [3.63, 3.8) is 0 Å². The molecule has 0 fully saturated rings. The summed E-state index contributed by atoms with van der Waals surface area (Å²) in [5.41, 5.74) is 6.26. The van der Waals surface area contributed by atoms with E-state index in [1.54, 1.807) is 0 Å². The second kappa shape index (κ2) is 6.40. The van der Waals surface area contributed by atoms with E-state index in [1.165, 1.54) is 24.1 Å². The molecule has 28 heavy (non-hydrogen) atoms. The minimum atomic E-state index is -0.592. The normalized spacial score (nSPS) is 11.9. The molecular formula is C24H24F2NO+. The lowest BCUT2D eigenvalue weighted by atomic mass is 9.94. The van der Waals surface area contributed by atoms with Crippen LogP contribution in [0.2, 0.25) is 0 Å². The molecule has 0 saturated carbocycles. The van der Waals surface area contributed by atoms with Gasteiger partial charge in [-0.05, 0) is 37.8 Å². The highest BCUT2D eigenvalue weighted by molar-refractivity contribution is 6.10. The summed E-state index contributed by atoms with van der Waals surface area (Å²) in [5.74, 6) is -0.769. The molecule has 4 rings (SSSR count).